The van der Waals surface area contributed by atoms with Crippen LogP contribution in [0.5, 0.6) is 5.75 Å². The third-order valence-electron chi connectivity index (χ3n) is 4.35. The van der Waals surface area contributed by atoms with Crippen molar-refractivity contribution in [2.45, 2.75) is 25.9 Å². The van der Waals surface area contributed by atoms with Gasteiger partial charge in [-0.2, -0.15) is 0 Å². The Bertz CT molecular complexity index is 783. The van der Waals surface area contributed by atoms with Crippen LogP contribution in [-0.4, -0.2) is 37.7 Å². The fourth-order valence-electron chi connectivity index (χ4n) is 2.95. The molecule has 1 aliphatic rings. The van der Waals surface area contributed by atoms with Crippen LogP contribution in [-0.2, 0) is 4.74 Å². The lowest BCUT2D eigenvalue weighted by Gasteiger charge is -2.12. The lowest BCUT2D eigenvalue weighted by atomic mass is 10.1. The Morgan fingerprint density at radius 3 is 2.59 bits per heavy atom. The summed E-state index contributed by atoms with van der Waals surface area (Å²) in [6.45, 7) is 3.64. The minimum atomic E-state index is -0.255. The summed E-state index contributed by atoms with van der Waals surface area (Å²) in [6, 6.07) is 13.9. The second-order valence-corrected chi connectivity index (χ2v) is 6.31. The van der Waals surface area contributed by atoms with Crippen molar-refractivity contribution in [3.63, 3.8) is 0 Å². The van der Waals surface area contributed by atoms with Crippen molar-refractivity contribution in [2.24, 2.45) is 0 Å². The summed E-state index contributed by atoms with van der Waals surface area (Å²) in [4.78, 5) is 24.7. The summed E-state index contributed by atoms with van der Waals surface area (Å²) in [7, 11) is 0. The van der Waals surface area contributed by atoms with E-state index in [1.807, 2.05) is 13.0 Å². The highest BCUT2D eigenvalue weighted by Crippen LogP contribution is 2.20. The predicted octanol–water partition coefficient (Wildman–Crippen LogP) is 3.25. The number of rotatable bonds is 7. The molecule has 6 nitrogen and oxygen atoms in total. The molecule has 1 fully saturated rings. The molecule has 1 aliphatic heterocycles. The first-order valence-corrected chi connectivity index (χ1v) is 9.20. The molecule has 2 aromatic carbocycles. The van der Waals surface area contributed by atoms with Gasteiger partial charge in [0.25, 0.3) is 11.8 Å². The van der Waals surface area contributed by atoms with Gasteiger partial charge in [-0.25, -0.2) is 0 Å². The molecule has 6 heteroatoms. The van der Waals surface area contributed by atoms with Gasteiger partial charge in [-0.3, -0.25) is 9.59 Å². The number of hydrogen-bond acceptors (Lipinski definition) is 4. The van der Waals surface area contributed by atoms with E-state index in [2.05, 4.69) is 10.6 Å². The van der Waals surface area contributed by atoms with Crippen LogP contribution < -0.4 is 15.4 Å². The first kappa shape index (κ1) is 18.9. The highest BCUT2D eigenvalue weighted by molar-refractivity contribution is 6.06. The van der Waals surface area contributed by atoms with Gasteiger partial charge in [0.2, 0.25) is 0 Å². The number of ether oxygens (including phenoxy) is 2. The van der Waals surface area contributed by atoms with Crippen LogP contribution in [0, 0.1) is 0 Å². The van der Waals surface area contributed by atoms with Crippen LogP contribution in [0.4, 0.5) is 5.69 Å². The molecule has 2 amide bonds. The van der Waals surface area contributed by atoms with E-state index in [-0.39, 0.29) is 17.9 Å². The van der Waals surface area contributed by atoms with Gasteiger partial charge in [-0.15, -0.1) is 0 Å². The Morgan fingerprint density at radius 2 is 1.89 bits per heavy atom. The van der Waals surface area contributed by atoms with Crippen LogP contribution in [0.25, 0.3) is 0 Å². The number of hydrogen-bond donors (Lipinski definition) is 2. The van der Waals surface area contributed by atoms with E-state index in [0.29, 0.717) is 35.7 Å². The van der Waals surface area contributed by atoms with Crippen molar-refractivity contribution in [3.05, 3.63) is 59.7 Å². The molecule has 1 atom stereocenters. The van der Waals surface area contributed by atoms with Crippen molar-refractivity contribution < 1.29 is 19.1 Å². The summed E-state index contributed by atoms with van der Waals surface area (Å²) in [5.74, 6) is 0.141. The van der Waals surface area contributed by atoms with E-state index in [0.717, 1.165) is 19.4 Å². The van der Waals surface area contributed by atoms with Gasteiger partial charge in [0.1, 0.15) is 5.75 Å². The van der Waals surface area contributed by atoms with Gasteiger partial charge in [0.05, 0.1) is 18.3 Å². The summed E-state index contributed by atoms with van der Waals surface area (Å²) in [5, 5.41) is 5.71. The first-order valence-electron chi connectivity index (χ1n) is 9.20. The van der Waals surface area contributed by atoms with Gasteiger partial charge in [0.15, 0.2) is 0 Å². The van der Waals surface area contributed by atoms with Crippen LogP contribution in [0.2, 0.25) is 0 Å². The number of amides is 2. The molecule has 0 aromatic heterocycles. The summed E-state index contributed by atoms with van der Waals surface area (Å²) < 4.78 is 11.0. The highest BCUT2D eigenvalue weighted by Gasteiger charge is 2.17. The first-order chi connectivity index (χ1) is 13.2. The van der Waals surface area contributed by atoms with Gasteiger partial charge < -0.3 is 20.1 Å². The van der Waals surface area contributed by atoms with Crippen molar-refractivity contribution in [2.75, 3.05) is 25.1 Å². The molecule has 2 N–H and O–H groups in total. The molecular formula is C21H24N2O4. The Morgan fingerprint density at radius 1 is 1.11 bits per heavy atom. The van der Waals surface area contributed by atoms with Crippen molar-refractivity contribution >= 4 is 17.5 Å². The zero-order valence-corrected chi connectivity index (χ0v) is 15.4. The van der Waals surface area contributed by atoms with E-state index in [9.17, 15) is 9.59 Å². The Hall–Kier alpha value is -2.86. The van der Waals surface area contributed by atoms with E-state index >= 15 is 0 Å². The van der Waals surface area contributed by atoms with Crippen LogP contribution in [0.15, 0.2) is 48.5 Å². The van der Waals surface area contributed by atoms with E-state index in [1.165, 1.54) is 0 Å². The summed E-state index contributed by atoms with van der Waals surface area (Å²) in [5.41, 5.74) is 1.63. The van der Waals surface area contributed by atoms with Gasteiger partial charge in [-0.1, -0.05) is 12.1 Å². The molecule has 27 heavy (non-hydrogen) atoms. The number of carbonyl (C=O) groups excluding carboxylic acids is 2. The molecule has 1 saturated heterocycles. The zero-order valence-electron chi connectivity index (χ0n) is 15.4. The fourth-order valence-corrected chi connectivity index (χ4v) is 2.95. The minimum absolute atomic E-state index is 0.109. The molecule has 0 unspecified atom stereocenters. The molecule has 0 spiro atoms. The van der Waals surface area contributed by atoms with Crippen molar-refractivity contribution in [1.29, 1.82) is 0 Å². The van der Waals surface area contributed by atoms with E-state index in [1.54, 1.807) is 42.5 Å². The van der Waals surface area contributed by atoms with E-state index in [4.69, 9.17) is 9.47 Å². The molecule has 0 aliphatic carbocycles. The van der Waals surface area contributed by atoms with Gasteiger partial charge in [0, 0.05) is 24.4 Å². The molecule has 0 saturated carbocycles. The maximum Gasteiger partial charge on any atom is 0.259 e. The predicted molar refractivity (Wildman–Crippen MR) is 103 cm³/mol. The van der Waals surface area contributed by atoms with Crippen LogP contribution in [0.1, 0.15) is 40.5 Å². The smallest absolute Gasteiger partial charge is 0.259 e. The maximum absolute atomic E-state index is 12.5. The molecule has 2 aromatic rings. The van der Waals surface area contributed by atoms with Crippen molar-refractivity contribution in [1.82, 2.24) is 5.32 Å². The molecule has 1 heterocycles. The normalized spacial score (nSPS) is 16.0. The van der Waals surface area contributed by atoms with Crippen LogP contribution in [0.3, 0.4) is 0 Å². The number of nitrogens with one attached hydrogen (secondary N) is 2. The monoisotopic (exact) mass is 368 g/mol. The second kappa shape index (κ2) is 9.19. The second-order valence-electron chi connectivity index (χ2n) is 6.31. The van der Waals surface area contributed by atoms with E-state index < -0.39 is 0 Å². The number of benzene rings is 2. The largest absolute Gasteiger partial charge is 0.493 e. The standard InChI is InChI=1S/C21H24N2O4/c1-2-26-19-8-4-3-7-18(19)21(25)23-16-11-9-15(10-12-16)20(24)22-14-17-6-5-13-27-17/h3-4,7-12,17H,2,5-6,13-14H2,1H3,(H,22,24)(H,23,25)/t17-/m0/s1. The summed E-state index contributed by atoms with van der Waals surface area (Å²) in [6.07, 6.45) is 2.13. The maximum atomic E-state index is 12.5. The Labute approximate surface area is 158 Å². The fraction of sp³-hybridized carbons (Fsp3) is 0.333. The SMILES string of the molecule is CCOc1ccccc1C(=O)Nc1ccc(C(=O)NC[C@@H]2CCCO2)cc1. The lowest BCUT2D eigenvalue weighted by molar-refractivity contribution is 0.0857. The zero-order chi connectivity index (χ0) is 19.1. The molecule has 142 valence electrons. The Kier molecular flexibility index (Phi) is 6.44. The topological polar surface area (TPSA) is 76.7 Å². The lowest BCUT2D eigenvalue weighted by Crippen LogP contribution is -2.31. The molecule has 0 bridgehead atoms. The average Bonchev–Trinajstić information content (AvgIpc) is 3.21. The van der Waals surface area contributed by atoms with Crippen LogP contribution >= 0.6 is 0 Å². The molecule has 3 rings (SSSR count). The third kappa shape index (κ3) is 5.08. The Balaban J connectivity index is 1.58. The molecular weight excluding hydrogens is 344 g/mol. The van der Waals surface area contributed by atoms with Gasteiger partial charge in [-0.05, 0) is 56.2 Å². The summed E-state index contributed by atoms with van der Waals surface area (Å²) >= 11 is 0. The highest BCUT2D eigenvalue weighted by atomic mass is 16.5. The minimum Gasteiger partial charge on any atom is -0.493 e. The van der Waals surface area contributed by atoms with Gasteiger partial charge >= 0.3 is 0 Å². The third-order valence-corrected chi connectivity index (χ3v) is 4.35. The average molecular weight is 368 g/mol. The number of carbonyl (C=O) groups is 2. The number of para-hydroxylation sites is 1. The van der Waals surface area contributed by atoms with Crippen molar-refractivity contribution in [3.8, 4) is 5.75 Å². The molecule has 0 radical (unpaired) electrons. The quantitative estimate of drug-likeness (QED) is 0.787. The number of anilines is 1.